The molecule has 1 heterocycles. The van der Waals surface area contributed by atoms with Gasteiger partial charge in [-0.25, -0.2) is 9.18 Å². The van der Waals surface area contributed by atoms with E-state index in [2.05, 4.69) is 9.72 Å². The number of ether oxygens (including phenoxy) is 1. The van der Waals surface area contributed by atoms with E-state index in [0.717, 1.165) is 6.07 Å². The van der Waals surface area contributed by atoms with E-state index in [4.69, 9.17) is 5.73 Å². The molecule has 88 valence electrons. The van der Waals surface area contributed by atoms with E-state index >= 15 is 0 Å². The van der Waals surface area contributed by atoms with Gasteiger partial charge in [0.2, 0.25) is 5.91 Å². The van der Waals surface area contributed by atoms with Crippen LogP contribution < -0.4 is 5.73 Å². The number of hydrogen-bond donors (Lipinski definition) is 2. The molecule has 17 heavy (non-hydrogen) atoms. The van der Waals surface area contributed by atoms with Gasteiger partial charge in [-0.2, -0.15) is 0 Å². The Bertz CT molecular complexity index is 618. The maximum Gasteiger partial charge on any atom is 0.354 e. The number of halogens is 1. The van der Waals surface area contributed by atoms with Crippen LogP contribution in [0.3, 0.4) is 0 Å². The van der Waals surface area contributed by atoms with Crippen molar-refractivity contribution >= 4 is 22.8 Å². The Morgan fingerprint density at radius 1 is 1.35 bits per heavy atom. The lowest BCUT2D eigenvalue weighted by molar-refractivity contribution is 0.0595. The number of rotatable bonds is 2. The molecule has 1 amide bonds. The third-order valence-corrected chi connectivity index (χ3v) is 2.38. The van der Waals surface area contributed by atoms with E-state index in [1.807, 2.05) is 0 Å². The summed E-state index contributed by atoms with van der Waals surface area (Å²) in [6.45, 7) is 0. The predicted octanol–water partition coefficient (Wildman–Crippen LogP) is 1.19. The number of H-pyrrole nitrogens is 1. The van der Waals surface area contributed by atoms with Gasteiger partial charge >= 0.3 is 5.97 Å². The summed E-state index contributed by atoms with van der Waals surface area (Å²) in [5, 5.41) is 0.204. The van der Waals surface area contributed by atoms with Gasteiger partial charge in [0.1, 0.15) is 11.5 Å². The van der Waals surface area contributed by atoms with Crippen LogP contribution in [0.4, 0.5) is 4.39 Å². The maximum atomic E-state index is 13.6. The zero-order chi connectivity index (χ0) is 12.6. The van der Waals surface area contributed by atoms with E-state index < -0.39 is 17.7 Å². The second-order valence-electron chi connectivity index (χ2n) is 3.46. The van der Waals surface area contributed by atoms with Crippen molar-refractivity contribution in [3.63, 3.8) is 0 Å². The minimum atomic E-state index is -0.736. The molecule has 0 spiro atoms. The fourth-order valence-corrected chi connectivity index (χ4v) is 1.56. The number of benzene rings is 1. The van der Waals surface area contributed by atoms with Gasteiger partial charge in [0, 0.05) is 16.5 Å². The molecule has 2 aromatic rings. The standard InChI is InChI=1S/C11H9FN2O3/c1-17-11(16)9-4-6-7(12)2-5(10(13)15)3-8(6)14-9/h2-4,14H,1H3,(H2,13,15). The summed E-state index contributed by atoms with van der Waals surface area (Å²) in [6, 6.07) is 3.73. The number of methoxy groups -OCH3 is 1. The molecule has 0 radical (unpaired) electrons. The molecular weight excluding hydrogens is 227 g/mol. The molecule has 0 atom stereocenters. The van der Waals surface area contributed by atoms with Crippen LogP contribution in [-0.4, -0.2) is 24.0 Å². The van der Waals surface area contributed by atoms with E-state index in [-0.39, 0.29) is 16.6 Å². The van der Waals surface area contributed by atoms with Crippen molar-refractivity contribution in [2.75, 3.05) is 7.11 Å². The van der Waals surface area contributed by atoms with E-state index in [0.29, 0.717) is 5.52 Å². The third kappa shape index (κ3) is 1.84. The molecule has 2 rings (SSSR count). The second-order valence-corrected chi connectivity index (χ2v) is 3.46. The lowest BCUT2D eigenvalue weighted by atomic mass is 10.1. The molecule has 3 N–H and O–H groups in total. The highest BCUT2D eigenvalue weighted by Gasteiger charge is 2.14. The Hall–Kier alpha value is -2.37. The van der Waals surface area contributed by atoms with Crippen molar-refractivity contribution in [1.82, 2.24) is 4.98 Å². The van der Waals surface area contributed by atoms with Crippen molar-refractivity contribution in [1.29, 1.82) is 0 Å². The zero-order valence-corrected chi connectivity index (χ0v) is 8.91. The quantitative estimate of drug-likeness (QED) is 0.768. The monoisotopic (exact) mass is 236 g/mol. The van der Waals surface area contributed by atoms with Gasteiger partial charge in [-0.1, -0.05) is 0 Å². The number of primary amides is 1. The van der Waals surface area contributed by atoms with Gasteiger partial charge in [-0.3, -0.25) is 4.79 Å². The van der Waals surface area contributed by atoms with Gasteiger partial charge < -0.3 is 15.5 Å². The first-order valence-corrected chi connectivity index (χ1v) is 4.73. The summed E-state index contributed by atoms with van der Waals surface area (Å²) in [5.41, 5.74) is 5.52. The second kappa shape index (κ2) is 3.89. The lowest BCUT2D eigenvalue weighted by Gasteiger charge is -1.97. The van der Waals surface area contributed by atoms with E-state index in [9.17, 15) is 14.0 Å². The van der Waals surface area contributed by atoms with Gasteiger partial charge in [0.05, 0.1) is 7.11 Å². The fourth-order valence-electron chi connectivity index (χ4n) is 1.56. The van der Waals surface area contributed by atoms with Crippen LogP contribution in [0.5, 0.6) is 0 Å². The first-order chi connectivity index (χ1) is 8.02. The number of fused-ring (bicyclic) bond motifs is 1. The Morgan fingerprint density at radius 2 is 2.06 bits per heavy atom. The summed E-state index contributed by atoms with van der Waals surface area (Å²) in [7, 11) is 1.22. The summed E-state index contributed by atoms with van der Waals surface area (Å²) in [5.74, 6) is -1.97. The van der Waals surface area contributed by atoms with E-state index in [1.54, 1.807) is 0 Å². The molecule has 0 saturated carbocycles. The first kappa shape index (κ1) is 11.1. The average molecular weight is 236 g/mol. The molecule has 5 nitrogen and oxygen atoms in total. The molecule has 6 heteroatoms. The molecule has 0 unspecified atom stereocenters. The number of carbonyl (C=O) groups is 2. The Morgan fingerprint density at radius 3 is 2.65 bits per heavy atom. The number of aromatic amines is 1. The largest absolute Gasteiger partial charge is 0.464 e. The van der Waals surface area contributed by atoms with Crippen molar-refractivity contribution in [3.8, 4) is 0 Å². The minimum Gasteiger partial charge on any atom is -0.464 e. The third-order valence-electron chi connectivity index (χ3n) is 2.38. The van der Waals surface area contributed by atoms with Crippen molar-refractivity contribution in [2.45, 2.75) is 0 Å². The number of carbonyl (C=O) groups excluding carboxylic acids is 2. The maximum absolute atomic E-state index is 13.6. The van der Waals surface area contributed by atoms with Gasteiger partial charge in [-0.05, 0) is 18.2 Å². The normalized spacial score (nSPS) is 10.5. The molecule has 1 aromatic carbocycles. The number of hydrogen-bond acceptors (Lipinski definition) is 3. The summed E-state index contributed by atoms with van der Waals surface area (Å²) < 4.78 is 18.1. The summed E-state index contributed by atoms with van der Waals surface area (Å²) in [4.78, 5) is 24.8. The zero-order valence-electron chi connectivity index (χ0n) is 8.91. The van der Waals surface area contributed by atoms with Crippen LogP contribution in [0.2, 0.25) is 0 Å². The van der Waals surface area contributed by atoms with Gasteiger partial charge in [0.25, 0.3) is 0 Å². The molecule has 0 saturated heterocycles. The number of nitrogens with one attached hydrogen (secondary N) is 1. The Kier molecular flexibility index (Phi) is 2.55. The highest BCUT2D eigenvalue weighted by atomic mass is 19.1. The van der Waals surface area contributed by atoms with E-state index in [1.165, 1.54) is 19.2 Å². The van der Waals surface area contributed by atoms with Crippen molar-refractivity contribution in [3.05, 3.63) is 35.3 Å². The topological polar surface area (TPSA) is 85.2 Å². The van der Waals surface area contributed by atoms with Crippen LogP contribution in [0.25, 0.3) is 10.9 Å². The first-order valence-electron chi connectivity index (χ1n) is 4.73. The van der Waals surface area contributed by atoms with Crippen molar-refractivity contribution in [2.24, 2.45) is 5.73 Å². The van der Waals surface area contributed by atoms with Crippen LogP contribution in [0.1, 0.15) is 20.8 Å². The SMILES string of the molecule is COC(=O)c1cc2c(F)cc(C(N)=O)cc2[nH]1. The van der Waals surface area contributed by atoms with Crippen LogP contribution in [0.15, 0.2) is 18.2 Å². The minimum absolute atomic E-state index is 0.0354. The summed E-state index contributed by atoms with van der Waals surface area (Å²) >= 11 is 0. The predicted molar refractivity (Wildman–Crippen MR) is 58.1 cm³/mol. The lowest BCUT2D eigenvalue weighted by Crippen LogP contribution is -2.11. The number of nitrogens with two attached hydrogens (primary N) is 1. The van der Waals surface area contributed by atoms with Crippen molar-refractivity contribution < 1.29 is 18.7 Å². The average Bonchev–Trinajstić information content (AvgIpc) is 2.72. The Labute approximate surface area is 95.4 Å². The fraction of sp³-hybridized carbons (Fsp3) is 0.0909. The molecular formula is C11H9FN2O3. The number of aromatic nitrogens is 1. The molecule has 0 fully saturated rings. The van der Waals surface area contributed by atoms with Crippen LogP contribution in [0, 0.1) is 5.82 Å². The Balaban J connectivity index is 2.64. The van der Waals surface area contributed by atoms with Gasteiger partial charge in [0.15, 0.2) is 0 Å². The molecule has 0 aliphatic rings. The van der Waals surface area contributed by atoms with Crippen LogP contribution in [-0.2, 0) is 4.74 Å². The smallest absolute Gasteiger partial charge is 0.354 e. The van der Waals surface area contributed by atoms with Crippen LogP contribution >= 0.6 is 0 Å². The molecule has 1 aromatic heterocycles. The highest BCUT2D eigenvalue weighted by Crippen LogP contribution is 2.21. The highest BCUT2D eigenvalue weighted by molar-refractivity contribution is 5.99. The van der Waals surface area contributed by atoms with Gasteiger partial charge in [-0.15, -0.1) is 0 Å². The number of amides is 1. The number of esters is 1. The summed E-state index contributed by atoms with van der Waals surface area (Å²) in [6.07, 6.45) is 0. The molecule has 0 aliphatic carbocycles. The molecule has 0 aliphatic heterocycles. The molecule has 0 bridgehead atoms.